The van der Waals surface area contributed by atoms with Crippen LogP contribution in [-0.2, 0) is 0 Å². The molecule has 2 heterocycles. The van der Waals surface area contributed by atoms with E-state index in [1.807, 2.05) is 12.3 Å². The van der Waals surface area contributed by atoms with Gasteiger partial charge < -0.3 is 10.4 Å². The van der Waals surface area contributed by atoms with E-state index >= 15 is 0 Å². The molecule has 2 aromatic rings. The molecule has 2 atom stereocenters. The summed E-state index contributed by atoms with van der Waals surface area (Å²) in [7, 11) is 0. The summed E-state index contributed by atoms with van der Waals surface area (Å²) in [6.45, 7) is 0.823. The molecule has 0 amide bonds. The Morgan fingerprint density at radius 1 is 1.33 bits per heavy atom. The van der Waals surface area contributed by atoms with Gasteiger partial charge in [0.1, 0.15) is 5.82 Å². The minimum Gasteiger partial charge on any atom is -0.393 e. The third-order valence-corrected chi connectivity index (χ3v) is 4.66. The zero-order chi connectivity index (χ0) is 12.4. The number of nitrogens with one attached hydrogen (secondary N) is 1. The number of anilines is 1. The molecule has 2 aromatic heterocycles. The molecule has 0 saturated heterocycles. The molecule has 1 saturated carbocycles. The minimum atomic E-state index is -0.145. The van der Waals surface area contributed by atoms with E-state index in [1.54, 1.807) is 11.3 Å². The normalized spacial score (nSPS) is 24.3. The first kappa shape index (κ1) is 11.9. The predicted molar refractivity (Wildman–Crippen MR) is 76.1 cm³/mol. The van der Waals surface area contributed by atoms with Gasteiger partial charge in [0, 0.05) is 28.7 Å². The molecular weight excluding hydrogens is 244 g/mol. The molecule has 1 aliphatic rings. The first-order valence-corrected chi connectivity index (χ1v) is 7.47. The summed E-state index contributed by atoms with van der Waals surface area (Å²) < 4.78 is 1.26. The Labute approximate surface area is 111 Å². The lowest BCUT2D eigenvalue weighted by atomic mass is 9.86. The number of thiophene rings is 1. The highest BCUT2D eigenvalue weighted by molar-refractivity contribution is 7.17. The Bertz CT molecular complexity index is 525. The molecule has 0 spiro atoms. The van der Waals surface area contributed by atoms with Crippen molar-refractivity contribution in [3.63, 3.8) is 0 Å². The molecule has 0 aliphatic heterocycles. The van der Waals surface area contributed by atoms with Crippen LogP contribution in [0.15, 0.2) is 23.7 Å². The fourth-order valence-corrected chi connectivity index (χ4v) is 3.47. The van der Waals surface area contributed by atoms with E-state index in [0.717, 1.165) is 31.6 Å². The van der Waals surface area contributed by atoms with Gasteiger partial charge in [0.25, 0.3) is 0 Å². The monoisotopic (exact) mass is 262 g/mol. The van der Waals surface area contributed by atoms with Crippen LogP contribution in [0.2, 0.25) is 0 Å². The highest BCUT2D eigenvalue weighted by atomic mass is 32.1. The van der Waals surface area contributed by atoms with Crippen molar-refractivity contribution in [2.45, 2.75) is 31.8 Å². The van der Waals surface area contributed by atoms with E-state index in [9.17, 15) is 5.11 Å². The van der Waals surface area contributed by atoms with Gasteiger partial charge in [-0.25, -0.2) is 4.98 Å². The second kappa shape index (κ2) is 5.24. The molecule has 2 N–H and O–H groups in total. The summed E-state index contributed by atoms with van der Waals surface area (Å²) in [4.78, 5) is 4.40. The maximum Gasteiger partial charge on any atom is 0.134 e. The van der Waals surface area contributed by atoms with Crippen LogP contribution in [0, 0.1) is 5.92 Å². The number of aliphatic hydroxyl groups is 1. The predicted octanol–water partition coefficient (Wildman–Crippen LogP) is 3.26. The number of nitrogens with zero attached hydrogens (tertiary/aromatic N) is 1. The fraction of sp³-hybridized carbons (Fsp3) is 0.500. The average Bonchev–Trinajstić information content (AvgIpc) is 2.86. The van der Waals surface area contributed by atoms with Crippen molar-refractivity contribution in [3.05, 3.63) is 23.7 Å². The van der Waals surface area contributed by atoms with Crippen molar-refractivity contribution >= 4 is 27.2 Å². The zero-order valence-corrected chi connectivity index (χ0v) is 11.1. The molecule has 1 aliphatic carbocycles. The maximum atomic E-state index is 9.96. The van der Waals surface area contributed by atoms with Gasteiger partial charge in [0.2, 0.25) is 0 Å². The summed E-state index contributed by atoms with van der Waals surface area (Å²) in [6.07, 6.45) is 6.16. The minimum absolute atomic E-state index is 0.145. The van der Waals surface area contributed by atoms with E-state index in [0.29, 0.717) is 5.92 Å². The Hall–Kier alpha value is -1.13. The Kier molecular flexibility index (Phi) is 3.48. The molecule has 96 valence electrons. The summed E-state index contributed by atoms with van der Waals surface area (Å²) in [5.41, 5.74) is 0. The van der Waals surface area contributed by atoms with Crippen LogP contribution in [0.5, 0.6) is 0 Å². The van der Waals surface area contributed by atoms with Gasteiger partial charge in [-0.1, -0.05) is 12.8 Å². The number of rotatable bonds is 3. The van der Waals surface area contributed by atoms with Crippen molar-refractivity contribution in [2.75, 3.05) is 11.9 Å². The van der Waals surface area contributed by atoms with Gasteiger partial charge >= 0.3 is 0 Å². The third-order valence-electron chi connectivity index (χ3n) is 3.78. The SMILES string of the molecule is OC1CCCCC1CNc1nccc2sccc12. The quantitative estimate of drug-likeness (QED) is 0.892. The first-order valence-electron chi connectivity index (χ1n) is 6.59. The lowest BCUT2D eigenvalue weighted by Gasteiger charge is -2.27. The maximum absolute atomic E-state index is 9.96. The number of hydrogen-bond donors (Lipinski definition) is 2. The highest BCUT2D eigenvalue weighted by Crippen LogP contribution is 2.28. The number of aromatic nitrogens is 1. The van der Waals surface area contributed by atoms with Gasteiger partial charge in [-0.05, 0) is 30.4 Å². The number of pyridine rings is 1. The smallest absolute Gasteiger partial charge is 0.134 e. The third kappa shape index (κ3) is 2.35. The molecule has 0 aromatic carbocycles. The molecule has 3 rings (SSSR count). The van der Waals surface area contributed by atoms with E-state index in [2.05, 4.69) is 21.7 Å². The van der Waals surface area contributed by atoms with Crippen LogP contribution >= 0.6 is 11.3 Å². The molecule has 18 heavy (non-hydrogen) atoms. The van der Waals surface area contributed by atoms with Crippen LogP contribution in [0.4, 0.5) is 5.82 Å². The first-order chi connectivity index (χ1) is 8.84. The molecule has 2 unspecified atom stereocenters. The second-order valence-electron chi connectivity index (χ2n) is 4.98. The number of hydrogen-bond acceptors (Lipinski definition) is 4. The van der Waals surface area contributed by atoms with E-state index in [4.69, 9.17) is 0 Å². The van der Waals surface area contributed by atoms with Crippen LogP contribution in [0.25, 0.3) is 10.1 Å². The molecule has 3 nitrogen and oxygen atoms in total. The van der Waals surface area contributed by atoms with Crippen LogP contribution in [0.3, 0.4) is 0 Å². The summed E-state index contributed by atoms with van der Waals surface area (Å²) in [6, 6.07) is 4.15. The molecular formula is C14H18N2OS. The topological polar surface area (TPSA) is 45.1 Å². The largest absolute Gasteiger partial charge is 0.393 e. The fourth-order valence-electron chi connectivity index (χ4n) is 2.69. The highest BCUT2D eigenvalue weighted by Gasteiger charge is 2.22. The van der Waals surface area contributed by atoms with Crippen molar-refractivity contribution < 1.29 is 5.11 Å². The Balaban J connectivity index is 1.71. The van der Waals surface area contributed by atoms with Crippen molar-refractivity contribution in [2.24, 2.45) is 5.92 Å². The number of fused-ring (bicyclic) bond motifs is 1. The van der Waals surface area contributed by atoms with Crippen LogP contribution < -0.4 is 5.32 Å². The lowest BCUT2D eigenvalue weighted by molar-refractivity contribution is 0.0763. The van der Waals surface area contributed by atoms with Crippen LogP contribution in [-0.4, -0.2) is 22.7 Å². The van der Waals surface area contributed by atoms with Gasteiger partial charge in [-0.2, -0.15) is 0 Å². The van der Waals surface area contributed by atoms with Gasteiger partial charge in [0.05, 0.1) is 6.10 Å². The van der Waals surface area contributed by atoms with Crippen molar-refractivity contribution in [3.8, 4) is 0 Å². The lowest BCUT2D eigenvalue weighted by Crippen LogP contribution is -2.30. The standard InChI is InChI=1S/C14H18N2OS/c17-12-4-2-1-3-10(12)9-16-14-11-6-8-18-13(11)5-7-15-14/h5-8,10,12,17H,1-4,9H2,(H,15,16). The van der Waals surface area contributed by atoms with Gasteiger partial charge in [-0.15, -0.1) is 11.3 Å². The van der Waals surface area contributed by atoms with Crippen molar-refractivity contribution in [1.29, 1.82) is 0 Å². The molecule has 1 fully saturated rings. The molecule has 4 heteroatoms. The van der Waals surface area contributed by atoms with Gasteiger partial charge in [0.15, 0.2) is 0 Å². The Morgan fingerprint density at radius 2 is 2.22 bits per heavy atom. The molecule has 0 radical (unpaired) electrons. The van der Waals surface area contributed by atoms with Crippen LogP contribution in [0.1, 0.15) is 25.7 Å². The second-order valence-corrected chi connectivity index (χ2v) is 5.93. The summed E-state index contributed by atoms with van der Waals surface area (Å²) in [5.74, 6) is 1.32. The van der Waals surface area contributed by atoms with E-state index in [-0.39, 0.29) is 6.10 Å². The average molecular weight is 262 g/mol. The Morgan fingerprint density at radius 3 is 3.11 bits per heavy atom. The van der Waals surface area contributed by atoms with E-state index in [1.165, 1.54) is 16.5 Å². The zero-order valence-electron chi connectivity index (χ0n) is 10.3. The summed E-state index contributed by atoms with van der Waals surface area (Å²) >= 11 is 1.73. The van der Waals surface area contributed by atoms with E-state index < -0.39 is 0 Å². The molecule has 0 bridgehead atoms. The van der Waals surface area contributed by atoms with Gasteiger partial charge in [-0.3, -0.25) is 0 Å². The van der Waals surface area contributed by atoms with Crippen molar-refractivity contribution in [1.82, 2.24) is 4.98 Å². The number of aliphatic hydroxyl groups excluding tert-OH is 1. The summed E-state index contributed by atoms with van der Waals surface area (Å²) in [5, 5.41) is 16.6.